The topological polar surface area (TPSA) is 55.0 Å². The van der Waals surface area contributed by atoms with Gasteiger partial charge in [0.15, 0.2) is 0 Å². The maximum absolute atomic E-state index is 12.0. The quantitative estimate of drug-likeness (QED) is 0.0858. The van der Waals surface area contributed by atoms with Crippen molar-refractivity contribution in [2.45, 2.75) is 51.5 Å². The smallest absolute Gasteiger partial charge is 0.333 e. The molecule has 3 aliphatic rings. The van der Waals surface area contributed by atoms with E-state index in [1.165, 1.54) is 4.90 Å². The van der Waals surface area contributed by atoms with E-state index >= 15 is 0 Å². The Morgan fingerprint density at radius 3 is 2.42 bits per heavy atom. The SMILES string of the molecule is C=C(C)C(=O)OC1CCN(Sc2ccccc2-c2c3ccc(=Nc4c(C)cccc4C)cc-3oc3cc(C)ccc23)CC1. The van der Waals surface area contributed by atoms with Gasteiger partial charge in [0, 0.05) is 46.1 Å². The Hall–Kier alpha value is -4.13. The molecule has 2 aliphatic heterocycles. The summed E-state index contributed by atoms with van der Waals surface area (Å²) in [4.78, 5) is 18.2. The van der Waals surface area contributed by atoms with Crippen LogP contribution >= 0.6 is 11.9 Å². The molecule has 6 rings (SSSR count). The van der Waals surface area contributed by atoms with Crippen LogP contribution in [0.3, 0.4) is 0 Å². The van der Waals surface area contributed by atoms with Crippen LogP contribution in [0.1, 0.15) is 36.5 Å². The van der Waals surface area contributed by atoms with Gasteiger partial charge < -0.3 is 9.15 Å². The monoisotopic (exact) mass is 588 g/mol. The fourth-order valence-electron chi connectivity index (χ4n) is 5.64. The van der Waals surface area contributed by atoms with E-state index in [1.807, 2.05) is 0 Å². The second-order valence-electron chi connectivity index (χ2n) is 11.4. The summed E-state index contributed by atoms with van der Waals surface area (Å²) in [6, 6.07) is 27.5. The van der Waals surface area contributed by atoms with Gasteiger partial charge in [-0.25, -0.2) is 14.1 Å². The number of nitrogens with zero attached hydrogens (tertiary/aromatic N) is 2. The van der Waals surface area contributed by atoms with Crippen LogP contribution in [-0.4, -0.2) is 29.5 Å². The lowest BCUT2D eigenvalue weighted by atomic mass is 9.93. The van der Waals surface area contributed by atoms with Crippen molar-refractivity contribution in [1.82, 2.24) is 4.31 Å². The van der Waals surface area contributed by atoms with Gasteiger partial charge in [-0.15, -0.1) is 0 Å². The Bertz CT molecular complexity index is 1860. The second kappa shape index (κ2) is 12.2. The van der Waals surface area contributed by atoms with Crippen LogP contribution in [0.5, 0.6) is 0 Å². The van der Waals surface area contributed by atoms with Gasteiger partial charge in [0.25, 0.3) is 0 Å². The summed E-state index contributed by atoms with van der Waals surface area (Å²) in [6.45, 7) is 13.3. The van der Waals surface area contributed by atoms with E-state index < -0.39 is 0 Å². The van der Waals surface area contributed by atoms with Crippen molar-refractivity contribution in [3.63, 3.8) is 0 Å². The lowest BCUT2D eigenvalue weighted by Gasteiger charge is -2.31. The Morgan fingerprint density at radius 2 is 1.67 bits per heavy atom. The first-order valence-corrected chi connectivity index (χ1v) is 15.5. The zero-order valence-corrected chi connectivity index (χ0v) is 26.0. The third-order valence-electron chi connectivity index (χ3n) is 7.95. The number of benzene rings is 4. The average molecular weight is 589 g/mol. The molecule has 3 aromatic carbocycles. The summed E-state index contributed by atoms with van der Waals surface area (Å²) < 4.78 is 14.5. The van der Waals surface area contributed by atoms with Crippen molar-refractivity contribution in [2.75, 3.05) is 13.1 Å². The summed E-state index contributed by atoms with van der Waals surface area (Å²) in [6.07, 6.45) is 1.54. The zero-order chi connectivity index (χ0) is 30.1. The van der Waals surface area contributed by atoms with Crippen molar-refractivity contribution >= 4 is 34.6 Å². The highest BCUT2D eigenvalue weighted by Crippen LogP contribution is 2.44. The highest BCUT2D eigenvalue weighted by molar-refractivity contribution is 7.97. The lowest BCUT2D eigenvalue weighted by molar-refractivity contribution is -0.145. The van der Waals surface area contributed by atoms with Crippen LogP contribution in [0.4, 0.5) is 5.69 Å². The number of carbonyl (C=O) groups is 1. The first kappa shape index (κ1) is 29.0. The molecule has 1 saturated heterocycles. The summed E-state index contributed by atoms with van der Waals surface area (Å²) in [5.74, 6) is 0.505. The molecule has 0 bridgehead atoms. The Morgan fingerprint density at radius 1 is 0.930 bits per heavy atom. The molecule has 0 saturated carbocycles. The Balaban J connectivity index is 1.40. The van der Waals surface area contributed by atoms with E-state index in [0.29, 0.717) is 5.57 Å². The highest BCUT2D eigenvalue weighted by atomic mass is 32.2. The maximum Gasteiger partial charge on any atom is 0.333 e. The molecule has 218 valence electrons. The third kappa shape index (κ3) is 6.17. The van der Waals surface area contributed by atoms with Gasteiger partial charge in [-0.3, -0.25) is 0 Å². The molecule has 43 heavy (non-hydrogen) atoms. The number of fused-ring (bicyclic) bond motifs is 2. The van der Waals surface area contributed by atoms with Crippen LogP contribution in [0, 0.1) is 20.8 Å². The number of esters is 1. The molecule has 1 fully saturated rings. The van der Waals surface area contributed by atoms with Gasteiger partial charge in [0.05, 0.1) is 11.0 Å². The van der Waals surface area contributed by atoms with Gasteiger partial charge in [-0.05, 0) is 99.0 Å². The summed E-state index contributed by atoms with van der Waals surface area (Å²) >= 11 is 1.77. The van der Waals surface area contributed by atoms with Gasteiger partial charge in [0.2, 0.25) is 0 Å². The number of rotatable bonds is 6. The second-order valence-corrected chi connectivity index (χ2v) is 12.5. The van der Waals surface area contributed by atoms with Crippen molar-refractivity contribution in [3.05, 3.63) is 113 Å². The van der Waals surface area contributed by atoms with E-state index in [9.17, 15) is 4.79 Å². The van der Waals surface area contributed by atoms with Crippen LogP contribution < -0.4 is 5.36 Å². The fourth-order valence-corrected chi connectivity index (χ4v) is 6.72. The van der Waals surface area contributed by atoms with E-state index in [4.69, 9.17) is 14.1 Å². The summed E-state index contributed by atoms with van der Waals surface area (Å²) in [5.41, 5.74) is 9.12. The molecule has 0 spiro atoms. The van der Waals surface area contributed by atoms with Gasteiger partial charge in [0.1, 0.15) is 17.4 Å². The molecular formula is C37H36N2O3S. The van der Waals surface area contributed by atoms with Crippen LogP contribution in [0.15, 0.2) is 105 Å². The maximum atomic E-state index is 12.0. The standard InChI is InChI=1S/C37H36N2O3S/c1-23(2)37(40)41-28-17-19-39(20-18-28)43-34-12-7-6-11-31(34)35-29-15-13-24(3)21-32(29)42-33-22-27(14-16-30(33)35)38-36-25(4)9-8-10-26(36)5/h6-16,21-22,28H,1,17-20H2,2-5H3. The lowest BCUT2D eigenvalue weighted by Crippen LogP contribution is -2.34. The van der Waals surface area contributed by atoms with Crippen molar-refractivity contribution in [1.29, 1.82) is 0 Å². The van der Waals surface area contributed by atoms with Gasteiger partial charge in [-0.1, -0.05) is 55.1 Å². The van der Waals surface area contributed by atoms with Crippen molar-refractivity contribution < 1.29 is 13.9 Å². The molecular weight excluding hydrogens is 552 g/mol. The first-order valence-electron chi connectivity index (χ1n) is 14.7. The molecule has 0 amide bonds. The molecule has 3 aromatic rings. The normalized spacial score (nSPS) is 14.8. The first-order chi connectivity index (χ1) is 20.8. The van der Waals surface area contributed by atoms with Crippen LogP contribution in [0.2, 0.25) is 0 Å². The van der Waals surface area contributed by atoms with E-state index in [2.05, 4.69) is 111 Å². The number of carbonyl (C=O) groups excluding carboxylic acids is 1. The summed E-state index contributed by atoms with van der Waals surface area (Å²) in [7, 11) is 0. The minimum absolute atomic E-state index is 0.0637. The highest BCUT2D eigenvalue weighted by Gasteiger charge is 2.25. The Labute approximate surface area is 257 Å². The molecule has 6 heteroatoms. The number of ether oxygens (including phenoxy) is 1. The Kier molecular flexibility index (Phi) is 8.24. The van der Waals surface area contributed by atoms with E-state index in [1.54, 1.807) is 18.9 Å². The number of piperidine rings is 1. The van der Waals surface area contributed by atoms with Gasteiger partial charge in [-0.2, -0.15) is 0 Å². The van der Waals surface area contributed by atoms with Crippen LogP contribution in [-0.2, 0) is 9.53 Å². The average Bonchev–Trinajstić information content (AvgIpc) is 2.99. The number of aryl methyl sites for hydroxylation is 3. The molecule has 1 aliphatic carbocycles. The van der Waals surface area contributed by atoms with Crippen molar-refractivity contribution in [2.24, 2.45) is 4.99 Å². The zero-order valence-electron chi connectivity index (χ0n) is 25.1. The number of para-hydroxylation sites is 1. The number of hydrogen-bond acceptors (Lipinski definition) is 6. The van der Waals surface area contributed by atoms with E-state index in [-0.39, 0.29) is 12.1 Å². The summed E-state index contributed by atoms with van der Waals surface area (Å²) in [5, 5.41) is 1.94. The van der Waals surface area contributed by atoms with Crippen LogP contribution in [0.25, 0.3) is 33.4 Å². The predicted octanol–water partition coefficient (Wildman–Crippen LogP) is 8.95. The molecule has 0 N–H and O–H groups in total. The molecule has 0 radical (unpaired) electrons. The van der Waals surface area contributed by atoms with Gasteiger partial charge >= 0.3 is 5.97 Å². The molecule has 5 nitrogen and oxygen atoms in total. The fraction of sp³-hybridized carbons (Fsp3) is 0.243. The largest absolute Gasteiger partial charge is 0.459 e. The van der Waals surface area contributed by atoms with Crippen molar-refractivity contribution in [3.8, 4) is 22.5 Å². The molecule has 2 heterocycles. The number of hydrogen-bond donors (Lipinski definition) is 0. The molecule has 0 atom stereocenters. The molecule has 0 aromatic heterocycles. The third-order valence-corrected chi connectivity index (χ3v) is 9.12. The minimum atomic E-state index is -0.301. The predicted molar refractivity (Wildman–Crippen MR) is 176 cm³/mol. The minimum Gasteiger partial charge on any atom is -0.459 e. The molecule has 0 unspecified atom stereocenters. The van der Waals surface area contributed by atoms with E-state index in [0.717, 1.165) is 87.1 Å².